The van der Waals surface area contributed by atoms with Crippen LogP contribution < -0.4 is 0 Å². The maximum Gasteiger partial charge on any atom is 0.163 e. The summed E-state index contributed by atoms with van der Waals surface area (Å²) < 4.78 is 6.06. The Balaban J connectivity index is 2.39. The van der Waals surface area contributed by atoms with Gasteiger partial charge in [-0.2, -0.15) is 0 Å². The van der Waals surface area contributed by atoms with Crippen LogP contribution in [0.5, 0.6) is 0 Å². The van der Waals surface area contributed by atoms with E-state index in [9.17, 15) is 0 Å². The van der Waals surface area contributed by atoms with Crippen LogP contribution in [0, 0.1) is 12.3 Å². The normalized spacial score (nSPS) is 20.9. The zero-order chi connectivity index (χ0) is 15.0. The first-order valence-electron chi connectivity index (χ1n) is 7.14. The van der Waals surface area contributed by atoms with Crippen LogP contribution in [0.2, 0.25) is 10.3 Å². The lowest BCUT2D eigenvalue weighted by Gasteiger charge is -2.42. The molecule has 1 fully saturated rings. The molecule has 1 aliphatic carbocycles. The Morgan fingerprint density at radius 1 is 1.05 bits per heavy atom. The van der Waals surface area contributed by atoms with Crippen LogP contribution in [-0.4, -0.2) is 16.6 Å². The maximum absolute atomic E-state index is 6.17. The second kappa shape index (κ2) is 5.78. The molecule has 5 heteroatoms. The van der Waals surface area contributed by atoms with E-state index in [2.05, 4.69) is 23.8 Å². The Hall–Kier alpha value is -0.380. The van der Waals surface area contributed by atoms with E-state index >= 15 is 0 Å². The first-order chi connectivity index (χ1) is 9.30. The largest absolute Gasteiger partial charge is 0.367 e. The summed E-state index contributed by atoms with van der Waals surface area (Å²) in [6.45, 7) is 9.04. The summed E-state index contributed by atoms with van der Waals surface area (Å²) in [5.41, 5.74) is 0.629. The lowest BCUT2D eigenvalue weighted by Crippen LogP contribution is -2.39. The molecule has 0 aliphatic heterocycles. The molecule has 0 N–H and O–H groups in total. The molecule has 20 heavy (non-hydrogen) atoms. The lowest BCUT2D eigenvalue weighted by atomic mass is 9.70. The van der Waals surface area contributed by atoms with E-state index in [-0.39, 0.29) is 0 Å². The molecule has 1 aromatic heterocycles. The number of hydrogen-bond donors (Lipinski definition) is 0. The smallest absolute Gasteiger partial charge is 0.163 e. The number of hydrogen-bond acceptors (Lipinski definition) is 3. The van der Waals surface area contributed by atoms with Gasteiger partial charge in [-0.15, -0.1) is 0 Å². The summed E-state index contributed by atoms with van der Waals surface area (Å²) in [6, 6.07) is 0. The van der Waals surface area contributed by atoms with Crippen LogP contribution in [0.1, 0.15) is 57.8 Å². The van der Waals surface area contributed by atoms with Gasteiger partial charge in [-0.05, 0) is 44.9 Å². The van der Waals surface area contributed by atoms with Crippen molar-refractivity contribution in [1.29, 1.82) is 0 Å². The van der Waals surface area contributed by atoms with Gasteiger partial charge in [0.2, 0.25) is 0 Å². The summed E-state index contributed by atoms with van der Waals surface area (Å²) >= 11 is 12.3. The summed E-state index contributed by atoms with van der Waals surface area (Å²) in [6.07, 6.45) is 3.98. The average Bonchev–Trinajstić information content (AvgIpc) is 2.38. The minimum Gasteiger partial charge on any atom is -0.367 e. The standard InChI is InChI=1S/C15H22Cl2N2O/c1-5-20-15(8-6-14(3,4)7-9-15)13-18-11(16)10(2)12(17)19-13/h5-9H2,1-4H3. The zero-order valence-corrected chi connectivity index (χ0v) is 14.1. The van der Waals surface area contributed by atoms with Gasteiger partial charge in [0, 0.05) is 12.2 Å². The van der Waals surface area contributed by atoms with E-state index < -0.39 is 5.60 Å². The fourth-order valence-corrected chi connectivity index (χ4v) is 3.09. The van der Waals surface area contributed by atoms with Gasteiger partial charge >= 0.3 is 0 Å². The Labute approximate surface area is 131 Å². The van der Waals surface area contributed by atoms with Gasteiger partial charge < -0.3 is 4.74 Å². The number of rotatable bonds is 3. The van der Waals surface area contributed by atoms with Crippen LogP contribution in [-0.2, 0) is 10.3 Å². The van der Waals surface area contributed by atoms with Crippen molar-refractivity contribution in [3.63, 3.8) is 0 Å². The number of halogens is 2. The second-order valence-electron chi connectivity index (χ2n) is 6.35. The Kier molecular flexibility index (Phi) is 4.63. The molecule has 2 rings (SSSR count). The Morgan fingerprint density at radius 2 is 1.55 bits per heavy atom. The highest BCUT2D eigenvalue weighted by Gasteiger charge is 2.43. The Morgan fingerprint density at radius 3 is 2.00 bits per heavy atom. The molecular formula is C15H22Cl2N2O. The van der Waals surface area contributed by atoms with Gasteiger partial charge in [-0.1, -0.05) is 37.0 Å². The number of aromatic nitrogens is 2. The van der Waals surface area contributed by atoms with Crippen molar-refractivity contribution in [1.82, 2.24) is 9.97 Å². The van der Waals surface area contributed by atoms with E-state index in [4.69, 9.17) is 27.9 Å². The fraction of sp³-hybridized carbons (Fsp3) is 0.733. The van der Waals surface area contributed by atoms with Crippen LogP contribution in [0.4, 0.5) is 0 Å². The van der Waals surface area contributed by atoms with Gasteiger partial charge in [0.25, 0.3) is 0 Å². The van der Waals surface area contributed by atoms with Crippen LogP contribution in [0.15, 0.2) is 0 Å². The summed E-state index contributed by atoms with van der Waals surface area (Å²) in [5, 5.41) is 0.841. The van der Waals surface area contributed by atoms with Crippen molar-refractivity contribution in [2.24, 2.45) is 5.41 Å². The molecule has 0 radical (unpaired) electrons. The summed E-state index contributed by atoms with van der Waals surface area (Å²) in [5.74, 6) is 0.635. The van der Waals surface area contributed by atoms with Gasteiger partial charge in [0.15, 0.2) is 5.82 Å². The van der Waals surface area contributed by atoms with E-state index in [1.807, 2.05) is 13.8 Å². The third-order valence-corrected chi connectivity index (χ3v) is 5.00. The molecule has 0 bridgehead atoms. The molecule has 0 spiro atoms. The van der Waals surface area contributed by atoms with Gasteiger partial charge in [0.1, 0.15) is 15.9 Å². The van der Waals surface area contributed by atoms with Crippen molar-refractivity contribution in [2.75, 3.05) is 6.61 Å². The average molecular weight is 317 g/mol. The summed E-state index contributed by atoms with van der Waals surface area (Å²) in [7, 11) is 0. The highest BCUT2D eigenvalue weighted by molar-refractivity contribution is 6.34. The molecule has 1 heterocycles. The van der Waals surface area contributed by atoms with Crippen LogP contribution >= 0.6 is 23.2 Å². The molecule has 112 valence electrons. The first-order valence-corrected chi connectivity index (χ1v) is 7.89. The predicted octanol–water partition coefficient (Wildman–Crippen LogP) is 4.92. The van der Waals surface area contributed by atoms with Crippen molar-refractivity contribution < 1.29 is 4.74 Å². The third-order valence-electron chi connectivity index (χ3n) is 4.27. The van der Waals surface area contributed by atoms with E-state index in [0.717, 1.165) is 31.2 Å². The van der Waals surface area contributed by atoms with Crippen LogP contribution in [0.3, 0.4) is 0 Å². The summed E-state index contributed by atoms with van der Waals surface area (Å²) in [4.78, 5) is 8.88. The van der Waals surface area contributed by atoms with Crippen molar-refractivity contribution in [3.8, 4) is 0 Å². The SMILES string of the molecule is CCOC1(c2nc(Cl)c(C)c(Cl)n2)CCC(C)(C)CC1. The van der Waals surface area contributed by atoms with Gasteiger partial charge in [-0.25, -0.2) is 9.97 Å². The molecule has 1 aromatic rings. The number of nitrogens with zero attached hydrogens (tertiary/aromatic N) is 2. The van der Waals surface area contributed by atoms with Gasteiger partial charge in [0.05, 0.1) is 0 Å². The van der Waals surface area contributed by atoms with Crippen molar-refractivity contribution in [3.05, 3.63) is 21.7 Å². The molecule has 0 aromatic carbocycles. The highest BCUT2D eigenvalue weighted by atomic mass is 35.5. The Bertz CT molecular complexity index is 470. The first kappa shape index (κ1) is 16.0. The van der Waals surface area contributed by atoms with Crippen LogP contribution in [0.25, 0.3) is 0 Å². The van der Waals surface area contributed by atoms with Crippen molar-refractivity contribution >= 4 is 23.2 Å². The van der Waals surface area contributed by atoms with E-state index in [1.165, 1.54) is 0 Å². The highest BCUT2D eigenvalue weighted by Crippen LogP contribution is 2.46. The number of ether oxygens (including phenoxy) is 1. The zero-order valence-electron chi connectivity index (χ0n) is 12.6. The minimum atomic E-state index is -0.439. The quantitative estimate of drug-likeness (QED) is 0.742. The molecule has 0 saturated heterocycles. The molecule has 0 atom stereocenters. The topological polar surface area (TPSA) is 35.0 Å². The van der Waals surface area contributed by atoms with E-state index in [0.29, 0.717) is 28.2 Å². The monoisotopic (exact) mass is 316 g/mol. The van der Waals surface area contributed by atoms with Crippen molar-refractivity contribution in [2.45, 2.75) is 59.0 Å². The van der Waals surface area contributed by atoms with E-state index in [1.54, 1.807) is 0 Å². The minimum absolute atomic E-state index is 0.346. The molecule has 3 nitrogen and oxygen atoms in total. The molecular weight excluding hydrogens is 295 g/mol. The molecule has 1 saturated carbocycles. The maximum atomic E-state index is 6.17. The predicted molar refractivity (Wildman–Crippen MR) is 82.3 cm³/mol. The fourth-order valence-electron chi connectivity index (χ4n) is 2.71. The molecule has 0 amide bonds. The molecule has 0 unspecified atom stereocenters. The third kappa shape index (κ3) is 3.10. The molecule has 1 aliphatic rings. The second-order valence-corrected chi connectivity index (χ2v) is 7.06. The van der Waals surface area contributed by atoms with Gasteiger partial charge in [-0.3, -0.25) is 0 Å². The lowest BCUT2D eigenvalue weighted by molar-refractivity contribution is -0.0948.